The third-order valence-corrected chi connectivity index (χ3v) is 8.58. The highest BCUT2D eigenvalue weighted by Gasteiger charge is 2.23. The molecule has 0 aliphatic carbocycles. The van der Waals surface area contributed by atoms with Gasteiger partial charge in [0.25, 0.3) is 11.8 Å². The molecule has 1 unspecified atom stereocenters. The summed E-state index contributed by atoms with van der Waals surface area (Å²) in [4.78, 5) is 41.1. The summed E-state index contributed by atoms with van der Waals surface area (Å²) < 4.78 is 16.1. The molecule has 5 aromatic carbocycles. The van der Waals surface area contributed by atoms with Crippen molar-refractivity contribution >= 4 is 46.9 Å². The maximum Gasteiger partial charge on any atom is 0.272 e. The van der Waals surface area contributed by atoms with Crippen LogP contribution in [0.4, 0.5) is 11.4 Å². The molecule has 248 valence electrons. The van der Waals surface area contributed by atoms with E-state index < -0.39 is 17.1 Å². The zero-order valence-corrected chi connectivity index (χ0v) is 28.0. The molecule has 0 aliphatic rings. The van der Waals surface area contributed by atoms with Crippen LogP contribution in [0.5, 0.6) is 17.2 Å². The standard InChI is InChI=1S/C39H35N3O6S/c1-46-31-16-10-15-30(24-31)41-39(45)36(26-11-6-4-7-12-26)49-33-21-18-29(19-22-33)40-38(44)34(42-37(43)27-13-8-5-9-14-27)23-28-17-20-32(47-2)25-35(28)48-3/h4-25,36H,1-3H3,(H,40,44)(H,41,45)(H,42,43)/b34-23-. The van der Waals surface area contributed by atoms with E-state index in [0.29, 0.717) is 39.8 Å². The molecule has 3 N–H and O–H groups in total. The van der Waals surface area contributed by atoms with E-state index in [1.807, 2.05) is 54.6 Å². The van der Waals surface area contributed by atoms with Crippen LogP contribution in [0.1, 0.15) is 26.7 Å². The van der Waals surface area contributed by atoms with Crippen LogP contribution in [-0.4, -0.2) is 39.1 Å². The Morgan fingerprint density at radius 3 is 2.00 bits per heavy atom. The van der Waals surface area contributed by atoms with Gasteiger partial charge in [0.2, 0.25) is 5.91 Å². The average Bonchev–Trinajstić information content (AvgIpc) is 3.15. The van der Waals surface area contributed by atoms with Gasteiger partial charge in [0, 0.05) is 39.5 Å². The Morgan fingerprint density at radius 2 is 1.33 bits per heavy atom. The lowest BCUT2D eigenvalue weighted by atomic mass is 10.1. The van der Waals surface area contributed by atoms with Gasteiger partial charge in [0.05, 0.1) is 21.3 Å². The Labute approximate surface area is 289 Å². The molecule has 0 aromatic heterocycles. The SMILES string of the molecule is COc1cccc(NC(=O)C(Sc2ccc(NC(=O)/C(=C/c3ccc(OC)cc3OC)NC(=O)c3ccccc3)cc2)c2ccccc2)c1. The minimum atomic E-state index is -0.560. The van der Waals surface area contributed by atoms with Crippen molar-refractivity contribution in [3.05, 3.63) is 150 Å². The van der Waals surface area contributed by atoms with Gasteiger partial charge in [-0.2, -0.15) is 0 Å². The van der Waals surface area contributed by atoms with Crippen LogP contribution in [0.2, 0.25) is 0 Å². The highest BCUT2D eigenvalue weighted by Crippen LogP contribution is 2.37. The molecule has 0 saturated heterocycles. The first-order valence-corrected chi connectivity index (χ1v) is 16.1. The predicted molar refractivity (Wildman–Crippen MR) is 193 cm³/mol. The molecular formula is C39H35N3O6S. The fourth-order valence-electron chi connectivity index (χ4n) is 4.80. The number of nitrogens with one attached hydrogen (secondary N) is 3. The summed E-state index contributed by atoms with van der Waals surface area (Å²) in [6, 6.07) is 37.6. The highest BCUT2D eigenvalue weighted by atomic mass is 32.2. The second-order valence-corrected chi connectivity index (χ2v) is 11.8. The van der Waals surface area contributed by atoms with Crippen LogP contribution in [0.25, 0.3) is 6.08 Å². The van der Waals surface area contributed by atoms with E-state index in [2.05, 4.69) is 16.0 Å². The Morgan fingerprint density at radius 1 is 0.653 bits per heavy atom. The van der Waals surface area contributed by atoms with Crippen LogP contribution in [0.15, 0.2) is 138 Å². The molecule has 1 atom stereocenters. The zero-order valence-electron chi connectivity index (χ0n) is 27.1. The number of amides is 3. The second kappa shape index (κ2) is 16.7. The van der Waals surface area contributed by atoms with Crippen molar-refractivity contribution in [3.63, 3.8) is 0 Å². The Balaban J connectivity index is 1.35. The number of methoxy groups -OCH3 is 3. The van der Waals surface area contributed by atoms with Gasteiger partial charge in [-0.1, -0.05) is 54.6 Å². The summed E-state index contributed by atoms with van der Waals surface area (Å²) in [6.45, 7) is 0. The molecule has 0 radical (unpaired) electrons. The summed E-state index contributed by atoms with van der Waals surface area (Å²) in [7, 11) is 4.64. The molecule has 0 bridgehead atoms. The normalized spacial score (nSPS) is 11.5. The van der Waals surface area contributed by atoms with Crippen LogP contribution in [0, 0.1) is 0 Å². The summed E-state index contributed by atoms with van der Waals surface area (Å²) in [5.41, 5.74) is 2.92. The van der Waals surface area contributed by atoms with E-state index in [-0.39, 0.29) is 11.6 Å². The number of hydrogen-bond donors (Lipinski definition) is 3. The average molecular weight is 674 g/mol. The number of carbonyl (C=O) groups is 3. The van der Waals surface area contributed by atoms with Crippen LogP contribution < -0.4 is 30.2 Å². The largest absolute Gasteiger partial charge is 0.497 e. The van der Waals surface area contributed by atoms with E-state index in [1.165, 1.54) is 18.9 Å². The third kappa shape index (κ3) is 9.30. The van der Waals surface area contributed by atoms with Gasteiger partial charge < -0.3 is 30.2 Å². The first-order chi connectivity index (χ1) is 23.9. The lowest BCUT2D eigenvalue weighted by molar-refractivity contribution is -0.116. The van der Waals surface area contributed by atoms with Crippen molar-refractivity contribution in [2.75, 3.05) is 32.0 Å². The molecule has 0 spiro atoms. The van der Waals surface area contributed by atoms with Gasteiger partial charge in [-0.3, -0.25) is 14.4 Å². The molecule has 10 heteroatoms. The number of rotatable bonds is 13. The van der Waals surface area contributed by atoms with Crippen LogP contribution in [0.3, 0.4) is 0 Å². The molecule has 0 fully saturated rings. The van der Waals surface area contributed by atoms with Crippen molar-refractivity contribution in [1.29, 1.82) is 0 Å². The van der Waals surface area contributed by atoms with Gasteiger partial charge in [-0.15, -0.1) is 11.8 Å². The number of hydrogen-bond acceptors (Lipinski definition) is 7. The lowest BCUT2D eigenvalue weighted by Crippen LogP contribution is -2.30. The van der Waals surface area contributed by atoms with Crippen LogP contribution >= 0.6 is 11.8 Å². The molecule has 0 aliphatic heterocycles. The van der Waals surface area contributed by atoms with Gasteiger partial charge in [-0.05, 0) is 72.3 Å². The minimum Gasteiger partial charge on any atom is -0.497 e. The van der Waals surface area contributed by atoms with Crippen molar-refractivity contribution < 1.29 is 28.6 Å². The third-order valence-electron chi connectivity index (χ3n) is 7.31. The van der Waals surface area contributed by atoms with Crippen LogP contribution in [-0.2, 0) is 9.59 Å². The maximum atomic E-state index is 13.6. The quantitative estimate of drug-likeness (QED) is 0.0872. The topological polar surface area (TPSA) is 115 Å². The molecule has 3 amide bonds. The van der Waals surface area contributed by atoms with Gasteiger partial charge >= 0.3 is 0 Å². The van der Waals surface area contributed by atoms with E-state index >= 15 is 0 Å². The molecular weight excluding hydrogens is 639 g/mol. The smallest absolute Gasteiger partial charge is 0.272 e. The number of benzene rings is 5. The molecule has 5 rings (SSSR count). The molecule has 9 nitrogen and oxygen atoms in total. The maximum absolute atomic E-state index is 13.6. The van der Waals surface area contributed by atoms with Gasteiger partial charge in [-0.25, -0.2) is 0 Å². The molecule has 5 aromatic rings. The fourth-order valence-corrected chi connectivity index (χ4v) is 5.82. The van der Waals surface area contributed by atoms with Crippen molar-refractivity contribution in [2.24, 2.45) is 0 Å². The number of ether oxygens (including phenoxy) is 3. The van der Waals surface area contributed by atoms with Gasteiger partial charge in [0.15, 0.2) is 0 Å². The number of thioether (sulfide) groups is 1. The van der Waals surface area contributed by atoms with Gasteiger partial charge in [0.1, 0.15) is 28.2 Å². The predicted octanol–water partition coefficient (Wildman–Crippen LogP) is 7.59. The molecule has 0 saturated carbocycles. The fraction of sp³-hybridized carbons (Fsp3) is 0.103. The lowest BCUT2D eigenvalue weighted by Gasteiger charge is -2.18. The molecule has 0 heterocycles. The van der Waals surface area contributed by atoms with Crippen molar-refractivity contribution in [3.8, 4) is 17.2 Å². The van der Waals surface area contributed by atoms with E-state index in [4.69, 9.17) is 14.2 Å². The summed E-state index contributed by atoms with van der Waals surface area (Å²) in [5, 5.41) is 8.05. The Hall–Kier alpha value is -6.00. The zero-order chi connectivity index (χ0) is 34.6. The summed E-state index contributed by atoms with van der Waals surface area (Å²) in [5.74, 6) is 0.504. The summed E-state index contributed by atoms with van der Waals surface area (Å²) >= 11 is 1.38. The molecule has 49 heavy (non-hydrogen) atoms. The monoisotopic (exact) mass is 673 g/mol. The van der Waals surface area contributed by atoms with E-state index in [9.17, 15) is 14.4 Å². The minimum absolute atomic E-state index is 0.00845. The Kier molecular flexibility index (Phi) is 11.7. The number of anilines is 2. The van der Waals surface area contributed by atoms with Crippen molar-refractivity contribution in [1.82, 2.24) is 5.32 Å². The number of carbonyl (C=O) groups excluding carboxylic acids is 3. The first kappa shape index (κ1) is 34.3. The second-order valence-electron chi connectivity index (χ2n) is 10.6. The van der Waals surface area contributed by atoms with Crippen molar-refractivity contribution in [2.45, 2.75) is 10.1 Å². The Bertz CT molecular complexity index is 1930. The van der Waals surface area contributed by atoms with E-state index in [1.54, 1.807) is 93.1 Å². The first-order valence-electron chi connectivity index (χ1n) is 15.2. The highest BCUT2D eigenvalue weighted by molar-refractivity contribution is 8.00. The summed E-state index contributed by atoms with van der Waals surface area (Å²) in [6.07, 6.45) is 1.55. The van der Waals surface area contributed by atoms with E-state index in [0.717, 1.165) is 10.5 Å².